The van der Waals surface area contributed by atoms with Crippen LogP contribution in [0.5, 0.6) is 5.75 Å². The van der Waals surface area contributed by atoms with E-state index >= 15 is 0 Å². The molecule has 3 rings (SSSR count). The van der Waals surface area contributed by atoms with Crippen LogP contribution in [0.4, 0.5) is 4.39 Å². The first kappa shape index (κ1) is 14.8. The van der Waals surface area contributed by atoms with Gasteiger partial charge in [0.05, 0.1) is 5.02 Å². The van der Waals surface area contributed by atoms with Crippen molar-refractivity contribution in [2.75, 3.05) is 0 Å². The van der Waals surface area contributed by atoms with Gasteiger partial charge in [0, 0.05) is 0 Å². The molecule has 0 aliphatic carbocycles. The number of benzene rings is 3. The van der Waals surface area contributed by atoms with E-state index < -0.39 is 15.9 Å². The summed E-state index contributed by atoms with van der Waals surface area (Å²) < 4.78 is 42.6. The molecule has 0 spiro atoms. The smallest absolute Gasteiger partial charge is 0.340 e. The fraction of sp³-hybridized carbons (Fsp3) is 0. The lowest BCUT2D eigenvalue weighted by molar-refractivity contribution is 0.486. The molecule has 3 aromatic carbocycles. The van der Waals surface area contributed by atoms with Gasteiger partial charge in [-0.25, -0.2) is 4.39 Å². The second kappa shape index (κ2) is 5.59. The van der Waals surface area contributed by atoms with E-state index in [0.29, 0.717) is 0 Å². The van der Waals surface area contributed by atoms with Crippen molar-refractivity contribution in [3.05, 3.63) is 71.5 Å². The van der Waals surface area contributed by atoms with Crippen LogP contribution in [0.2, 0.25) is 5.02 Å². The molecule has 0 atom stereocenters. The second-order valence-corrected chi connectivity index (χ2v) is 6.54. The topological polar surface area (TPSA) is 43.4 Å². The highest BCUT2D eigenvalue weighted by atomic mass is 35.5. The zero-order valence-electron chi connectivity index (χ0n) is 11.2. The summed E-state index contributed by atoms with van der Waals surface area (Å²) in [5, 5.41) is 1.59. The van der Waals surface area contributed by atoms with Gasteiger partial charge in [-0.05, 0) is 41.1 Å². The predicted molar refractivity (Wildman–Crippen MR) is 83.2 cm³/mol. The summed E-state index contributed by atoms with van der Waals surface area (Å²) in [6.07, 6.45) is 0. The number of hydrogen-bond acceptors (Lipinski definition) is 3. The monoisotopic (exact) mass is 336 g/mol. The van der Waals surface area contributed by atoms with Gasteiger partial charge in [-0.1, -0.05) is 41.9 Å². The van der Waals surface area contributed by atoms with Crippen molar-refractivity contribution >= 4 is 32.5 Å². The minimum atomic E-state index is -4.13. The fourth-order valence-electron chi connectivity index (χ4n) is 2.07. The third kappa shape index (κ3) is 2.91. The minimum absolute atomic E-state index is 0.166. The Morgan fingerprint density at radius 1 is 0.909 bits per heavy atom. The lowest BCUT2D eigenvalue weighted by atomic mass is 10.1. The Hall–Kier alpha value is -2.11. The van der Waals surface area contributed by atoms with Gasteiger partial charge in [0.15, 0.2) is 0 Å². The van der Waals surface area contributed by atoms with Crippen LogP contribution in [0.15, 0.2) is 65.6 Å². The van der Waals surface area contributed by atoms with Crippen LogP contribution in [-0.4, -0.2) is 8.42 Å². The van der Waals surface area contributed by atoms with E-state index in [2.05, 4.69) is 0 Å². The van der Waals surface area contributed by atoms with E-state index in [4.69, 9.17) is 15.8 Å². The number of rotatable bonds is 3. The molecule has 0 aliphatic heterocycles. The molecule has 0 radical (unpaired) electrons. The summed E-state index contributed by atoms with van der Waals surface area (Å²) in [4.78, 5) is -0.274. The molecule has 0 fully saturated rings. The Bertz CT molecular complexity index is 955. The van der Waals surface area contributed by atoms with E-state index in [9.17, 15) is 12.8 Å². The third-order valence-corrected chi connectivity index (χ3v) is 4.82. The molecule has 112 valence electrons. The van der Waals surface area contributed by atoms with Gasteiger partial charge in [0.2, 0.25) is 0 Å². The number of fused-ring (bicyclic) bond motifs is 1. The Labute approximate surface area is 132 Å². The van der Waals surface area contributed by atoms with Gasteiger partial charge in [0.25, 0.3) is 0 Å². The highest BCUT2D eigenvalue weighted by Crippen LogP contribution is 2.27. The van der Waals surface area contributed by atoms with Gasteiger partial charge in [-0.15, -0.1) is 0 Å². The van der Waals surface area contributed by atoms with Gasteiger partial charge in [-0.2, -0.15) is 8.42 Å². The number of hydrogen-bond donors (Lipinski definition) is 0. The molecule has 0 N–H and O–H groups in total. The molecule has 0 heterocycles. The van der Waals surface area contributed by atoms with Crippen molar-refractivity contribution in [1.82, 2.24) is 0 Å². The molecule has 0 aromatic heterocycles. The van der Waals surface area contributed by atoms with E-state index in [1.807, 2.05) is 24.3 Å². The third-order valence-electron chi connectivity index (χ3n) is 3.09. The molecule has 3 aromatic rings. The first-order valence-corrected chi connectivity index (χ1v) is 8.13. The molecular formula is C16H10ClFO3S. The van der Waals surface area contributed by atoms with Crippen molar-refractivity contribution in [3.63, 3.8) is 0 Å². The van der Waals surface area contributed by atoms with Crippen molar-refractivity contribution in [2.45, 2.75) is 4.90 Å². The highest BCUT2D eigenvalue weighted by molar-refractivity contribution is 7.87. The Morgan fingerprint density at radius 3 is 2.36 bits per heavy atom. The number of halogens is 2. The van der Waals surface area contributed by atoms with Crippen molar-refractivity contribution in [1.29, 1.82) is 0 Å². The van der Waals surface area contributed by atoms with Crippen LogP contribution in [0.1, 0.15) is 0 Å². The van der Waals surface area contributed by atoms with Crippen LogP contribution in [0, 0.1) is 5.82 Å². The maximum Gasteiger partial charge on any atom is 0.340 e. The van der Waals surface area contributed by atoms with Gasteiger partial charge in [-0.3, -0.25) is 0 Å². The van der Waals surface area contributed by atoms with E-state index in [-0.39, 0.29) is 15.7 Å². The minimum Gasteiger partial charge on any atom is -0.379 e. The summed E-state index contributed by atoms with van der Waals surface area (Å²) >= 11 is 5.78. The summed E-state index contributed by atoms with van der Waals surface area (Å²) in [6.45, 7) is 0. The van der Waals surface area contributed by atoms with Crippen molar-refractivity contribution < 1.29 is 17.0 Å². The van der Waals surface area contributed by atoms with Crippen LogP contribution in [-0.2, 0) is 10.1 Å². The first-order chi connectivity index (χ1) is 10.5. The van der Waals surface area contributed by atoms with Crippen LogP contribution >= 0.6 is 11.6 Å². The van der Waals surface area contributed by atoms with Crippen LogP contribution < -0.4 is 4.18 Å². The predicted octanol–water partition coefficient (Wildman–Crippen LogP) is 4.40. The fourth-order valence-corrected chi connectivity index (χ4v) is 3.50. The van der Waals surface area contributed by atoms with Gasteiger partial charge < -0.3 is 4.18 Å². The van der Waals surface area contributed by atoms with Gasteiger partial charge >= 0.3 is 10.1 Å². The maximum absolute atomic E-state index is 13.0. The molecule has 0 bridgehead atoms. The average molecular weight is 337 g/mol. The van der Waals surface area contributed by atoms with E-state index in [1.54, 1.807) is 18.2 Å². The van der Waals surface area contributed by atoms with Crippen LogP contribution in [0.25, 0.3) is 10.8 Å². The van der Waals surface area contributed by atoms with Gasteiger partial charge in [0.1, 0.15) is 16.5 Å². The molecule has 6 heteroatoms. The molecule has 0 saturated heterocycles. The highest BCUT2D eigenvalue weighted by Gasteiger charge is 2.20. The van der Waals surface area contributed by atoms with E-state index in [0.717, 1.165) is 29.0 Å². The van der Waals surface area contributed by atoms with Crippen molar-refractivity contribution in [2.24, 2.45) is 0 Å². The Morgan fingerprint density at radius 2 is 1.64 bits per heavy atom. The van der Waals surface area contributed by atoms with E-state index in [1.165, 1.54) is 0 Å². The summed E-state index contributed by atoms with van der Waals surface area (Å²) in [5.41, 5.74) is 0. The first-order valence-electron chi connectivity index (χ1n) is 6.34. The summed E-state index contributed by atoms with van der Waals surface area (Å²) in [7, 11) is -4.13. The lowest BCUT2D eigenvalue weighted by Crippen LogP contribution is -2.10. The molecule has 0 aliphatic rings. The normalized spacial score (nSPS) is 11.5. The maximum atomic E-state index is 13.0. The Kier molecular flexibility index (Phi) is 3.76. The molecule has 0 amide bonds. The average Bonchev–Trinajstić information content (AvgIpc) is 2.46. The zero-order chi connectivity index (χ0) is 15.7. The van der Waals surface area contributed by atoms with Crippen molar-refractivity contribution in [3.8, 4) is 5.75 Å². The largest absolute Gasteiger partial charge is 0.379 e. The molecular weight excluding hydrogens is 327 g/mol. The summed E-state index contributed by atoms with van der Waals surface area (Å²) in [5.74, 6) is -0.450. The molecule has 3 nitrogen and oxygen atoms in total. The SMILES string of the molecule is O=S(=O)(Oc1ccc2ccccc2c1)c1ccc(F)cc1Cl. The summed E-state index contributed by atoms with van der Waals surface area (Å²) in [6, 6.07) is 15.4. The van der Waals surface area contributed by atoms with Crippen LogP contribution in [0.3, 0.4) is 0 Å². The molecule has 0 saturated carbocycles. The lowest BCUT2D eigenvalue weighted by Gasteiger charge is -2.09. The Balaban J connectivity index is 1.99. The second-order valence-electron chi connectivity index (χ2n) is 4.62. The molecule has 0 unspecified atom stereocenters. The molecule has 22 heavy (non-hydrogen) atoms. The quantitative estimate of drug-likeness (QED) is 0.666. The standard InChI is InChI=1S/C16H10ClFO3S/c17-15-10-13(18)6-8-16(15)22(19,20)21-14-7-5-11-3-1-2-4-12(11)9-14/h1-10H. The zero-order valence-corrected chi connectivity index (χ0v) is 12.7.